The topological polar surface area (TPSA) is 54.3 Å². The summed E-state index contributed by atoms with van der Waals surface area (Å²) in [6.07, 6.45) is 0.865. The van der Waals surface area contributed by atoms with Crippen molar-refractivity contribution in [1.29, 1.82) is 0 Å². The van der Waals surface area contributed by atoms with E-state index >= 15 is 0 Å². The van der Waals surface area contributed by atoms with Crippen molar-refractivity contribution in [3.05, 3.63) is 42.0 Å². The summed E-state index contributed by atoms with van der Waals surface area (Å²) in [6.45, 7) is 1.77. The molecule has 1 saturated heterocycles. The molecule has 0 amide bonds. The van der Waals surface area contributed by atoms with Gasteiger partial charge in [-0.25, -0.2) is 8.78 Å². The average molecular weight is 447 g/mol. The van der Waals surface area contributed by atoms with Gasteiger partial charge in [-0.1, -0.05) is 23.4 Å². The number of piperidine rings is 1. The first-order chi connectivity index (χ1) is 15.4. The number of nitrogens with zero attached hydrogens (tertiary/aromatic N) is 2. The van der Waals surface area contributed by atoms with E-state index in [4.69, 9.17) is 9.57 Å². The summed E-state index contributed by atoms with van der Waals surface area (Å²) in [5.74, 6) is 1.03. The molecule has 4 rings (SSSR count). The highest BCUT2D eigenvalue weighted by Gasteiger charge is 2.43. The Kier molecular flexibility index (Phi) is 6.96. The lowest BCUT2D eigenvalue weighted by Gasteiger charge is -2.43. The zero-order chi connectivity index (χ0) is 22.7. The average Bonchev–Trinajstić information content (AvgIpc) is 2.82. The lowest BCUT2D eigenvalue weighted by Crippen LogP contribution is -2.50. The molecule has 2 fully saturated rings. The van der Waals surface area contributed by atoms with Crippen molar-refractivity contribution >= 4 is 16.5 Å². The second-order valence-corrected chi connectivity index (χ2v) is 9.06. The molecule has 1 saturated carbocycles. The summed E-state index contributed by atoms with van der Waals surface area (Å²) in [6, 6.07) is 12.5. The van der Waals surface area contributed by atoms with E-state index in [9.17, 15) is 13.9 Å². The van der Waals surface area contributed by atoms with Gasteiger partial charge < -0.3 is 14.7 Å². The number of fused-ring (bicyclic) bond motifs is 1. The molecule has 1 atom stereocenters. The maximum Gasteiger partial charge on any atom is 0.266 e. The van der Waals surface area contributed by atoms with Crippen molar-refractivity contribution in [2.24, 2.45) is 11.1 Å². The van der Waals surface area contributed by atoms with Crippen LogP contribution in [0, 0.1) is 5.92 Å². The van der Waals surface area contributed by atoms with Gasteiger partial charge in [0.25, 0.3) is 6.43 Å². The van der Waals surface area contributed by atoms with Crippen LogP contribution < -0.4 is 4.74 Å². The number of alkyl halides is 2. The fraction of sp³-hybridized carbons (Fsp3) is 0.560. The Morgan fingerprint density at radius 2 is 1.81 bits per heavy atom. The Bertz CT molecular complexity index is 957. The highest BCUT2D eigenvalue weighted by Crippen LogP contribution is 2.37. The van der Waals surface area contributed by atoms with E-state index in [0.717, 1.165) is 53.7 Å². The van der Waals surface area contributed by atoms with Gasteiger partial charge in [-0.2, -0.15) is 0 Å². The minimum absolute atomic E-state index is 0.156. The second-order valence-electron chi connectivity index (χ2n) is 9.06. The van der Waals surface area contributed by atoms with Crippen molar-refractivity contribution in [2.75, 3.05) is 27.3 Å². The first-order valence-corrected chi connectivity index (χ1v) is 11.4. The van der Waals surface area contributed by atoms with Crippen LogP contribution in [0.4, 0.5) is 8.78 Å². The van der Waals surface area contributed by atoms with Crippen molar-refractivity contribution in [1.82, 2.24) is 4.90 Å². The summed E-state index contributed by atoms with van der Waals surface area (Å²) in [7, 11) is 3.23. The van der Waals surface area contributed by atoms with Crippen LogP contribution >= 0.6 is 0 Å². The van der Waals surface area contributed by atoms with Crippen LogP contribution in [0.25, 0.3) is 10.8 Å². The molecule has 2 aliphatic rings. The van der Waals surface area contributed by atoms with Crippen molar-refractivity contribution < 1.29 is 23.5 Å². The SMILES string of the molecule is CO/N=C(/c1ccc2cc(OC)ccc2c1)C1CCCN(C2CCC(O)(C(F)F)CC2)C1. The molecule has 1 unspecified atom stereocenters. The Morgan fingerprint density at radius 3 is 2.50 bits per heavy atom. The molecule has 1 N–H and O–H groups in total. The van der Waals surface area contributed by atoms with E-state index < -0.39 is 12.0 Å². The van der Waals surface area contributed by atoms with Gasteiger partial charge in [-0.3, -0.25) is 4.90 Å². The molecule has 174 valence electrons. The van der Waals surface area contributed by atoms with E-state index in [2.05, 4.69) is 28.3 Å². The molecule has 0 bridgehead atoms. The summed E-state index contributed by atoms with van der Waals surface area (Å²) in [5, 5.41) is 16.8. The van der Waals surface area contributed by atoms with Crippen LogP contribution in [0.15, 0.2) is 41.6 Å². The molecule has 0 spiro atoms. The molecule has 0 radical (unpaired) electrons. The second kappa shape index (κ2) is 9.71. The first kappa shape index (κ1) is 22.9. The summed E-state index contributed by atoms with van der Waals surface area (Å²) in [4.78, 5) is 7.63. The highest BCUT2D eigenvalue weighted by molar-refractivity contribution is 6.04. The highest BCUT2D eigenvalue weighted by atomic mass is 19.3. The third-order valence-electron chi connectivity index (χ3n) is 7.12. The van der Waals surface area contributed by atoms with E-state index in [1.165, 1.54) is 0 Å². The third-order valence-corrected chi connectivity index (χ3v) is 7.12. The fourth-order valence-corrected chi connectivity index (χ4v) is 5.22. The minimum Gasteiger partial charge on any atom is -0.497 e. The molecule has 1 heterocycles. The van der Waals surface area contributed by atoms with Crippen LogP contribution in [0.1, 0.15) is 44.1 Å². The Hall–Kier alpha value is -2.25. The number of oxime groups is 1. The third kappa shape index (κ3) is 4.74. The quantitative estimate of drug-likeness (QED) is 0.509. The molecule has 5 nitrogen and oxygen atoms in total. The van der Waals surface area contributed by atoms with Crippen LogP contribution in [0.5, 0.6) is 5.75 Å². The molecular formula is C25H32F2N2O3. The molecule has 1 aliphatic heterocycles. The number of aliphatic hydroxyl groups is 1. The van der Waals surface area contributed by atoms with E-state index in [0.29, 0.717) is 12.8 Å². The number of benzene rings is 2. The predicted molar refractivity (Wildman–Crippen MR) is 122 cm³/mol. The van der Waals surface area contributed by atoms with E-state index in [1.807, 2.05) is 18.2 Å². The van der Waals surface area contributed by atoms with Gasteiger partial charge in [0, 0.05) is 24.1 Å². The zero-order valence-electron chi connectivity index (χ0n) is 18.8. The molecule has 2 aromatic carbocycles. The lowest BCUT2D eigenvalue weighted by molar-refractivity contribution is -0.126. The van der Waals surface area contributed by atoms with Crippen LogP contribution in [0.3, 0.4) is 0 Å². The number of hydrogen-bond acceptors (Lipinski definition) is 5. The largest absolute Gasteiger partial charge is 0.497 e. The molecule has 32 heavy (non-hydrogen) atoms. The summed E-state index contributed by atoms with van der Waals surface area (Å²) >= 11 is 0. The minimum atomic E-state index is -2.68. The Labute approximate surface area is 188 Å². The lowest BCUT2D eigenvalue weighted by atomic mass is 9.80. The smallest absolute Gasteiger partial charge is 0.266 e. The summed E-state index contributed by atoms with van der Waals surface area (Å²) < 4.78 is 31.7. The summed E-state index contributed by atoms with van der Waals surface area (Å²) in [5.41, 5.74) is 0.143. The van der Waals surface area contributed by atoms with Gasteiger partial charge in [0.1, 0.15) is 18.5 Å². The van der Waals surface area contributed by atoms with Crippen LogP contribution in [-0.2, 0) is 4.84 Å². The standard InChI is InChI=1S/C25H32F2N2O3/c1-31-22-8-7-17-14-19(6-5-18(17)15-22)23(28-32-2)20-4-3-13-29(16-20)21-9-11-25(30,12-10-21)24(26)27/h5-8,14-15,20-21,24,30H,3-4,9-13,16H2,1-2H3/b28-23-. The maximum absolute atomic E-state index is 13.2. The van der Waals surface area contributed by atoms with Crippen LogP contribution in [-0.4, -0.2) is 61.1 Å². The zero-order valence-corrected chi connectivity index (χ0v) is 18.8. The van der Waals surface area contributed by atoms with Crippen molar-refractivity contribution in [3.63, 3.8) is 0 Å². The Balaban J connectivity index is 1.50. The van der Waals surface area contributed by atoms with E-state index in [-0.39, 0.29) is 24.8 Å². The van der Waals surface area contributed by atoms with Gasteiger partial charge in [0.05, 0.1) is 12.8 Å². The van der Waals surface area contributed by atoms with Gasteiger partial charge in [-0.15, -0.1) is 0 Å². The first-order valence-electron chi connectivity index (χ1n) is 11.4. The number of hydrogen-bond donors (Lipinski definition) is 1. The van der Waals surface area contributed by atoms with Gasteiger partial charge in [0.2, 0.25) is 0 Å². The number of halogens is 2. The molecule has 0 aromatic heterocycles. The van der Waals surface area contributed by atoms with Crippen molar-refractivity contribution in [3.8, 4) is 5.75 Å². The molecule has 1 aliphatic carbocycles. The fourth-order valence-electron chi connectivity index (χ4n) is 5.22. The predicted octanol–water partition coefficient (Wildman–Crippen LogP) is 4.85. The number of rotatable bonds is 6. The van der Waals surface area contributed by atoms with Crippen LogP contribution in [0.2, 0.25) is 0 Å². The normalized spacial score (nSPS) is 27.6. The molecular weight excluding hydrogens is 414 g/mol. The number of likely N-dealkylation sites (tertiary alicyclic amines) is 1. The van der Waals surface area contributed by atoms with E-state index in [1.54, 1.807) is 14.2 Å². The van der Waals surface area contributed by atoms with Crippen molar-refractivity contribution in [2.45, 2.75) is 56.6 Å². The Morgan fingerprint density at radius 1 is 1.09 bits per heavy atom. The number of methoxy groups -OCH3 is 1. The maximum atomic E-state index is 13.2. The molecule has 7 heteroatoms. The van der Waals surface area contributed by atoms with Gasteiger partial charge in [-0.05, 0) is 74.0 Å². The van der Waals surface area contributed by atoms with Gasteiger partial charge in [0.15, 0.2) is 0 Å². The van der Waals surface area contributed by atoms with Gasteiger partial charge >= 0.3 is 0 Å². The molecule has 2 aromatic rings. The number of ether oxygens (including phenoxy) is 1. The monoisotopic (exact) mass is 446 g/mol.